The highest BCUT2D eigenvalue weighted by Gasteiger charge is 1.99. The number of nitrogens with zero attached hydrogens (tertiary/aromatic N) is 1. The van der Waals surface area contributed by atoms with E-state index in [0.717, 1.165) is 11.3 Å². The first kappa shape index (κ1) is 12.3. The molecule has 1 aromatic rings. The Hall–Kier alpha value is -1.75. The average Bonchev–Trinajstić information content (AvgIpc) is 2.34. The topological polar surface area (TPSA) is 77.1 Å². The lowest BCUT2D eigenvalue weighted by atomic mass is 10.2. The van der Waals surface area contributed by atoms with E-state index in [1.165, 1.54) is 0 Å². The third-order valence-electron chi connectivity index (χ3n) is 1.94. The summed E-state index contributed by atoms with van der Waals surface area (Å²) in [5.41, 5.74) is 6.46. The fourth-order valence-corrected chi connectivity index (χ4v) is 1.06. The van der Waals surface area contributed by atoms with Gasteiger partial charge in [0.25, 0.3) is 0 Å². The summed E-state index contributed by atoms with van der Waals surface area (Å²) in [6.45, 7) is 0.436. The summed E-state index contributed by atoms with van der Waals surface area (Å²) in [7, 11) is 1.60. The molecule has 0 saturated heterocycles. The SMILES string of the molecule is COc1ccc(/C(N)=N/OCCCO)cc1. The second kappa shape index (κ2) is 6.68. The van der Waals surface area contributed by atoms with Crippen molar-refractivity contribution < 1.29 is 14.7 Å². The van der Waals surface area contributed by atoms with Crippen molar-refractivity contribution in [1.29, 1.82) is 0 Å². The Morgan fingerprint density at radius 3 is 2.62 bits per heavy atom. The molecule has 16 heavy (non-hydrogen) atoms. The quantitative estimate of drug-likeness (QED) is 0.323. The van der Waals surface area contributed by atoms with Gasteiger partial charge < -0.3 is 20.4 Å². The van der Waals surface area contributed by atoms with E-state index >= 15 is 0 Å². The predicted octanol–water partition coefficient (Wildman–Crippen LogP) is 0.715. The number of aliphatic hydroxyl groups excluding tert-OH is 1. The molecule has 0 unspecified atom stereocenters. The second-order valence-corrected chi connectivity index (χ2v) is 3.12. The molecule has 5 nitrogen and oxygen atoms in total. The minimum atomic E-state index is 0.0813. The van der Waals surface area contributed by atoms with Gasteiger partial charge in [0.15, 0.2) is 5.84 Å². The maximum Gasteiger partial charge on any atom is 0.170 e. The maximum absolute atomic E-state index is 8.53. The third kappa shape index (κ3) is 3.78. The normalized spacial score (nSPS) is 11.2. The molecule has 0 radical (unpaired) electrons. The van der Waals surface area contributed by atoms with Crippen LogP contribution >= 0.6 is 0 Å². The van der Waals surface area contributed by atoms with Crippen molar-refractivity contribution in [2.45, 2.75) is 6.42 Å². The van der Waals surface area contributed by atoms with Crippen LogP contribution in [0.2, 0.25) is 0 Å². The lowest BCUT2D eigenvalue weighted by Gasteiger charge is -2.03. The summed E-state index contributed by atoms with van der Waals surface area (Å²) in [4.78, 5) is 4.92. The Morgan fingerprint density at radius 2 is 2.06 bits per heavy atom. The molecule has 5 heteroatoms. The van der Waals surface area contributed by atoms with Crippen molar-refractivity contribution in [2.75, 3.05) is 20.3 Å². The molecular formula is C11H16N2O3. The summed E-state index contributed by atoms with van der Waals surface area (Å²) in [6, 6.07) is 7.19. The Bertz CT molecular complexity index is 336. The Kier molecular flexibility index (Phi) is 5.15. The van der Waals surface area contributed by atoms with Gasteiger partial charge in [-0.1, -0.05) is 5.16 Å². The van der Waals surface area contributed by atoms with E-state index in [2.05, 4.69) is 5.16 Å². The van der Waals surface area contributed by atoms with Crippen LogP contribution in [-0.2, 0) is 4.84 Å². The molecular weight excluding hydrogens is 208 g/mol. The van der Waals surface area contributed by atoms with E-state index in [0.29, 0.717) is 18.9 Å². The second-order valence-electron chi connectivity index (χ2n) is 3.12. The van der Waals surface area contributed by atoms with Gasteiger partial charge in [0.2, 0.25) is 0 Å². The number of nitrogens with two attached hydrogens (primary N) is 1. The van der Waals surface area contributed by atoms with Crippen molar-refractivity contribution in [1.82, 2.24) is 0 Å². The summed E-state index contributed by atoms with van der Waals surface area (Å²) >= 11 is 0. The smallest absolute Gasteiger partial charge is 0.170 e. The number of oxime groups is 1. The van der Waals surface area contributed by atoms with Crippen molar-refractivity contribution in [2.24, 2.45) is 10.9 Å². The van der Waals surface area contributed by atoms with Gasteiger partial charge in [0.1, 0.15) is 12.4 Å². The van der Waals surface area contributed by atoms with Gasteiger partial charge in [-0.05, 0) is 24.3 Å². The molecule has 0 heterocycles. The molecule has 0 spiro atoms. The number of rotatable bonds is 6. The standard InChI is InChI=1S/C11H16N2O3/c1-15-10-5-3-9(4-6-10)11(12)13-16-8-2-7-14/h3-6,14H,2,7-8H2,1H3,(H2,12,13). The minimum absolute atomic E-state index is 0.0813. The summed E-state index contributed by atoms with van der Waals surface area (Å²) < 4.78 is 5.02. The Labute approximate surface area is 94.5 Å². The van der Waals surface area contributed by atoms with Gasteiger partial charge in [-0.3, -0.25) is 0 Å². The molecule has 88 valence electrons. The van der Waals surface area contributed by atoms with E-state index < -0.39 is 0 Å². The first-order chi connectivity index (χ1) is 7.77. The zero-order chi connectivity index (χ0) is 11.8. The number of benzene rings is 1. The lowest BCUT2D eigenvalue weighted by Crippen LogP contribution is -2.14. The van der Waals surface area contributed by atoms with Gasteiger partial charge in [-0.25, -0.2) is 0 Å². The highest BCUT2D eigenvalue weighted by atomic mass is 16.6. The minimum Gasteiger partial charge on any atom is -0.497 e. The maximum atomic E-state index is 8.53. The fraction of sp³-hybridized carbons (Fsp3) is 0.364. The molecule has 0 aliphatic carbocycles. The molecule has 3 N–H and O–H groups in total. The first-order valence-electron chi connectivity index (χ1n) is 4.98. The number of methoxy groups -OCH3 is 1. The molecule has 1 rings (SSSR count). The van der Waals surface area contributed by atoms with Gasteiger partial charge in [-0.2, -0.15) is 0 Å². The van der Waals surface area contributed by atoms with Crippen LogP contribution in [0.1, 0.15) is 12.0 Å². The molecule has 0 aliphatic rings. The first-order valence-corrected chi connectivity index (χ1v) is 4.98. The number of hydrogen-bond acceptors (Lipinski definition) is 4. The largest absolute Gasteiger partial charge is 0.497 e. The zero-order valence-electron chi connectivity index (χ0n) is 9.22. The van der Waals surface area contributed by atoms with Gasteiger partial charge >= 0.3 is 0 Å². The Morgan fingerprint density at radius 1 is 1.38 bits per heavy atom. The van der Waals surface area contributed by atoms with Crippen molar-refractivity contribution in [3.05, 3.63) is 29.8 Å². The molecule has 0 atom stereocenters. The third-order valence-corrected chi connectivity index (χ3v) is 1.94. The molecule has 0 bridgehead atoms. The van der Waals surface area contributed by atoms with Crippen LogP contribution in [0.3, 0.4) is 0 Å². The number of ether oxygens (including phenoxy) is 1. The Balaban J connectivity index is 2.54. The lowest BCUT2D eigenvalue weighted by molar-refractivity contribution is 0.124. The van der Waals surface area contributed by atoms with Crippen LogP contribution in [-0.4, -0.2) is 31.3 Å². The molecule has 0 amide bonds. The van der Waals surface area contributed by atoms with E-state index in [1.807, 2.05) is 0 Å². The number of hydrogen-bond donors (Lipinski definition) is 2. The van der Waals surface area contributed by atoms with Crippen molar-refractivity contribution >= 4 is 5.84 Å². The predicted molar refractivity (Wildman–Crippen MR) is 61.4 cm³/mol. The molecule has 0 aromatic heterocycles. The van der Waals surface area contributed by atoms with Crippen LogP contribution in [0.15, 0.2) is 29.4 Å². The van der Waals surface area contributed by atoms with E-state index in [-0.39, 0.29) is 6.61 Å². The number of aliphatic hydroxyl groups is 1. The number of amidine groups is 1. The van der Waals surface area contributed by atoms with Crippen LogP contribution in [0.5, 0.6) is 5.75 Å². The summed E-state index contributed by atoms with van der Waals surface area (Å²) in [5, 5.41) is 12.3. The van der Waals surface area contributed by atoms with Gasteiger partial charge in [-0.15, -0.1) is 0 Å². The van der Waals surface area contributed by atoms with Gasteiger partial charge in [0.05, 0.1) is 7.11 Å². The van der Waals surface area contributed by atoms with E-state index in [1.54, 1.807) is 31.4 Å². The van der Waals surface area contributed by atoms with Gasteiger partial charge in [0, 0.05) is 18.6 Å². The van der Waals surface area contributed by atoms with Crippen LogP contribution in [0.25, 0.3) is 0 Å². The van der Waals surface area contributed by atoms with E-state index in [9.17, 15) is 0 Å². The van der Waals surface area contributed by atoms with Crippen LogP contribution in [0.4, 0.5) is 0 Å². The van der Waals surface area contributed by atoms with Crippen molar-refractivity contribution in [3.8, 4) is 5.75 Å². The highest BCUT2D eigenvalue weighted by Crippen LogP contribution is 2.10. The molecule has 1 aromatic carbocycles. The monoisotopic (exact) mass is 224 g/mol. The van der Waals surface area contributed by atoms with Crippen LogP contribution < -0.4 is 10.5 Å². The molecule has 0 saturated carbocycles. The summed E-state index contributed by atoms with van der Waals surface area (Å²) in [6.07, 6.45) is 0.541. The average molecular weight is 224 g/mol. The molecule has 0 fully saturated rings. The van der Waals surface area contributed by atoms with E-state index in [4.69, 9.17) is 20.4 Å². The van der Waals surface area contributed by atoms with Crippen molar-refractivity contribution in [3.63, 3.8) is 0 Å². The highest BCUT2D eigenvalue weighted by molar-refractivity contribution is 5.97. The molecule has 0 aliphatic heterocycles. The summed E-state index contributed by atoms with van der Waals surface area (Å²) in [5.74, 6) is 1.07. The fourth-order valence-electron chi connectivity index (χ4n) is 1.06. The zero-order valence-corrected chi connectivity index (χ0v) is 9.22. The van der Waals surface area contributed by atoms with Crippen LogP contribution in [0, 0.1) is 0 Å².